The minimum atomic E-state index is -0.984. The van der Waals surface area contributed by atoms with Crippen LogP contribution in [0.1, 0.15) is 13.8 Å². The largest absolute Gasteiger partial charge is 0.310 e. The predicted octanol–water partition coefficient (Wildman–Crippen LogP) is -1.11. The van der Waals surface area contributed by atoms with E-state index in [0.29, 0.717) is 0 Å². The average molecular weight is 201 g/mol. The molecule has 0 saturated heterocycles. The van der Waals surface area contributed by atoms with Crippen molar-refractivity contribution in [2.45, 2.75) is 25.6 Å². The van der Waals surface area contributed by atoms with Crippen LogP contribution in [-0.2, 0) is 9.59 Å². The van der Waals surface area contributed by atoms with Gasteiger partial charge in [-0.25, -0.2) is 0 Å². The molecular formula is C9H19N3O2. The maximum atomic E-state index is 11.7. The molecule has 3 N–H and O–H groups in total. The van der Waals surface area contributed by atoms with E-state index in [1.165, 1.54) is 0 Å². The first-order valence-corrected chi connectivity index (χ1v) is 4.56. The molecule has 0 spiro atoms. The lowest BCUT2D eigenvalue weighted by Crippen LogP contribution is -2.61. The van der Waals surface area contributed by atoms with E-state index in [1.807, 2.05) is 0 Å². The highest BCUT2D eigenvalue weighted by Gasteiger charge is 2.36. The highest BCUT2D eigenvalue weighted by Crippen LogP contribution is 2.02. The summed E-state index contributed by atoms with van der Waals surface area (Å²) in [6, 6.07) is -0.455. The fraction of sp³-hybridized carbons (Fsp3) is 0.778. The first kappa shape index (κ1) is 13.2. The number of hydrogen-bond acceptors (Lipinski definition) is 5. The normalized spacial score (nSPS) is 13.8. The molecule has 0 aliphatic carbocycles. The summed E-state index contributed by atoms with van der Waals surface area (Å²) in [7, 11) is 4.91. The van der Waals surface area contributed by atoms with Gasteiger partial charge >= 0.3 is 0 Å². The monoisotopic (exact) mass is 201 g/mol. The fourth-order valence-electron chi connectivity index (χ4n) is 0.926. The highest BCUT2D eigenvalue weighted by atomic mass is 16.2. The minimum Gasteiger partial charge on any atom is -0.310 e. The van der Waals surface area contributed by atoms with Gasteiger partial charge in [0.05, 0.1) is 6.04 Å². The van der Waals surface area contributed by atoms with Gasteiger partial charge < -0.3 is 5.32 Å². The topological polar surface area (TPSA) is 70.2 Å². The van der Waals surface area contributed by atoms with Gasteiger partial charge in [-0.2, -0.15) is 0 Å². The summed E-state index contributed by atoms with van der Waals surface area (Å²) in [6.07, 6.45) is 0. The molecule has 0 heterocycles. The summed E-state index contributed by atoms with van der Waals surface area (Å²) in [5.74, 6) is -0.900. The second kappa shape index (κ2) is 5.19. The predicted molar refractivity (Wildman–Crippen MR) is 55.1 cm³/mol. The van der Waals surface area contributed by atoms with Crippen molar-refractivity contribution in [3.8, 4) is 0 Å². The van der Waals surface area contributed by atoms with Gasteiger partial charge in [-0.05, 0) is 35.0 Å². The Kier molecular flexibility index (Phi) is 4.90. The molecule has 5 heteroatoms. The van der Waals surface area contributed by atoms with E-state index in [1.54, 1.807) is 35.0 Å². The number of Topliss-reactive ketones (excluding diaryl/α,β-unsaturated/α-hetero) is 2. The summed E-state index contributed by atoms with van der Waals surface area (Å²) in [4.78, 5) is 23.3. The highest BCUT2D eigenvalue weighted by molar-refractivity contribution is 6.42. The average Bonchev–Trinajstić information content (AvgIpc) is 2.24. The van der Waals surface area contributed by atoms with Gasteiger partial charge in [-0.1, -0.05) is 0 Å². The van der Waals surface area contributed by atoms with Crippen LogP contribution >= 0.6 is 0 Å². The second-order valence-electron chi connectivity index (χ2n) is 3.33. The third kappa shape index (κ3) is 2.60. The molecule has 0 aliphatic rings. The van der Waals surface area contributed by atoms with Crippen molar-refractivity contribution in [2.75, 3.05) is 21.1 Å². The van der Waals surface area contributed by atoms with E-state index in [0.717, 1.165) is 0 Å². The molecule has 14 heavy (non-hydrogen) atoms. The van der Waals surface area contributed by atoms with E-state index in [2.05, 4.69) is 16.0 Å². The van der Waals surface area contributed by atoms with E-state index in [-0.39, 0.29) is 0 Å². The number of carbonyl (C=O) groups is 2. The van der Waals surface area contributed by atoms with Gasteiger partial charge in [0.25, 0.3) is 0 Å². The van der Waals surface area contributed by atoms with E-state index >= 15 is 0 Å². The zero-order valence-corrected chi connectivity index (χ0v) is 9.39. The lowest BCUT2D eigenvalue weighted by molar-refractivity contribution is -0.141. The Morgan fingerprint density at radius 3 is 1.86 bits per heavy atom. The van der Waals surface area contributed by atoms with E-state index in [4.69, 9.17) is 0 Å². The van der Waals surface area contributed by atoms with Gasteiger partial charge in [0.1, 0.15) is 5.66 Å². The molecule has 5 nitrogen and oxygen atoms in total. The summed E-state index contributed by atoms with van der Waals surface area (Å²) in [5, 5.41) is 8.30. The van der Waals surface area contributed by atoms with E-state index in [9.17, 15) is 9.59 Å². The SMILES string of the molecule is CNC(C)C(=O)C(=O)C(C)(NC)NC. The molecule has 0 fully saturated rings. The Labute approximate surface area is 84.6 Å². The lowest BCUT2D eigenvalue weighted by Gasteiger charge is -2.27. The number of ketones is 2. The molecule has 0 aromatic heterocycles. The Morgan fingerprint density at radius 1 is 1.14 bits per heavy atom. The molecule has 0 rings (SSSR count). The number of carbonyl (C=O) groups excluding carboxylic acids is 2. The van der Waals surface area contributed by atoms with Crippen molar-refractivity contribution in [1.29, 1.82) is 0 Å². The van der Waals surface area contributed by atoms with Crippen molar-refractivity contribution in [1.82, 2.24) is 16.0 Å². The Morgan fingerprint density at radius 2 is 1.57 bits per heavy atom. The summed E-state index contributed by atoms with van der Waals surface area (Å²) >= 11 is 0. The van der Waals surface area contributed by atoms with Crippen molar-refractivity contribution in [3.63, 3.8) is 0 Å². The third-order valence-electron chi connectivity index (χ3n) is 2.50. The Balaban J connectivity index is 4.68. The van der Waals surface area contributed by atoms with Gasteiger partial charge in [0.2, 0.25) is 11.6 Å². The van der Waals surface area contributed by atoms with Gasteiger partial charge in [0.15, 0.2) is 0 Å². The maximum Gasteiger partial charge on any atom is 0.234 e. The molecule has 0 aliphatic heterocycles. The van der Waals surface area contributed by atoms with Crippen LogP contribution in [0.4, 0.5) is 0 Å². The molecule has 0 amide bonds. The standard InChI is InChI=1S/C9H19N3O2/c1-6(10-3)7(13)8(14)9(2,11-4)12-5/h6,10-12H,1-5H3. The first-order chi connectivity index (χ1) is 6.42. The van der Waals surface area contributed by atoms with Crippen LogP contribution in [-0.4, -0.2) is 44.4 Å². The Hall–Kier alpha value is -0.780. The molecule has 0 aromatic rings. The zero-order chi connectivity index (χ0) is 11.4. The molecule has 1 atom stereocenters. The summed E-state index contributed by atoms with van der Waals surface area (Å²) in [5.41, 5.74) is -0.984. The van der Waals surface area contributed by atoms with Gasteiger partial charge in [-0.15, -0.1) is 0 Å². The molecule has 0 bridgehead atoms. The van der Waals surface area contributed by atoms with E-state index < -0.39 is 23.3 Å². The van der Waals surface area contributed by atoms with Crippen LogP contribution < -0.4 is 16.0 Å². The maximum absolute atomic E-state index is 11.7. The van der Waals surface area contributed by atoms with Crippen LogP contribution in [0.25, 0.3) is 0 Å². The van der Waals surface area contributed by atoms with Gasteiger partial charge in [-0.3, -0.25) is 20.2 Å². The van der Waals surface area contributed by atoms with Crippen molar-refractivity contribution in [2.24, 2.45) is 0 Å². The van der Waals surface area contributed by atoms with Crippen molar-refractivity contribution >= 4 is 11.6 Å². The number of nitrogens with one attached hydrogen (secondary N) is 3. The molecule has 0 radical (unpaired) electrons. The van der Waals surface area contributed by atoms with Crippen LogP contribution in [0.2, 0.25) is 0 Å². The molecule has 0 saturated carbocycles. The zero-order valence-electron chi connectivity index (χ0n) is 9.39. The third-order valence-corrected chi connectivity index (χ3v) is 2.50. The second-order valence-corrected chi connectivity index (χ2v) is 3.33. The molecule has 1 unspecified atom stereocenters. The molecular weight excluding hydrogens is 182 g/mol. The smallest absolute Gasteiger partial charge is 0.234 e. The molecule has 82 valence electrons. The first-order valence-electron chi connectivity index (χ1n) is 4.56. The number of rotatable bonds is 6. The van der Waals surface area contributed by atoms with Crippen LogP contribution in [0.5, 0.6) is 0 Å². The fourth-order valence-corrected chi connectivity index (χ4v) is 0.926. The van der Waals surface area contributed by atoms with Crippen LogP contribution in [0.3, 0.4) is 0 Å². The number of hydrogen-bond donors (Lipinski definition) is 3. The lowest BCUT2D eigenvalue weighted by atomic mass is 9.99. The molecule has 0 aromatic carbocycles. The van der Waals surface area contributed by atoms with Gasteiger partial charge in [0, 0.05) is 0 Å². The quantitative estimate of drug-likeness (QED) is 0.375. The number of likely N-dealkylation sites (N-methyl/N-ethyl adjacent to an activating group) is 3. The van der Waals surface area contributed by atoms with Crippen LogP contribution in [0, 0.1) is 0 Å². The summed E-state index contributed by atoms with van der Waals surface area (Å²) < 4.78 is 0. The van der Waals surface area contributed by atoms with Crippen molar-refractivity contribution < 1.29 is 9.59 Å². The summed E-state index contributed by atoms with van der Waals surface area (Å²) in [6.45, 7) is 3.29. The van der Waals surface area contributed by atoms with Crippen LogP contribution in [0.15, 0.2) is 0 Å². The minimum absolute atomic E-state index is 0.432. The Bertz CT molecular complexity index is 224. The van der Waals surface area contributed by atoms with Crippen molar-refractivity contribution in [3.05, 3.63) is 0 Å².